The second-order valence-corrected chi connectivity index (χ2v) is 0. The molecule has 0 fully saturated rings. The highest BCUT2D eigenvalue weighted by atomic mass is 16.0. The largest absolute Gasteiger partial charge is 0.412 e. The average molecular weight is 107 g/mol. The zero-order valence-electron chi connectivity index (χ0n) is 3.21. The van der Waals surface area contributed by atoms with Crippen LogP contribution in [0.3, 0.4) is 0 Å². The second-order valence-electron chi connectivity index (χ2n) is 0. The molecule has 0 aliphatic rings. The van der Waals surface area contributed by atoms with E-state index >= 15 is 0 Å². The molecule has 0 amide bonds. The molecule has 0 saturated carbocycles. The summed E-state index contributed by atoms with van der Waals surface area (Å²) in [5.74, 6) is 0. The molecule has 0 aliphatic carbocycles. The maximum absolute atomic E-state index is 0. The van der Waals surface area contributed by atoms with Gasteiger partial charge in [0, 0.05) is 0 Å². The fraction of sp³-hybridized carbons (Fsp3) is 0. The van der Waals surface area contributed by atoms with E-state index in [1.54, 1.807) is 0 Å². The van der Waals surface area contributed by atoms with E-state index in [1.807, 2.05) is 0 Å². The summed E-state index contributed by atoms with van der Waals surface area (Å²) in [4.78, 5) is 0. The maximum Gasteiger partial charge on any atom is -0.344 e. The van der Waals surface area contributed by atoms with Gasteiger partial charge in [0.2, 0.25) is 0 Å². The first-order valence-electron chi connectivity index (χ1n) is 0. The molecule has 0 radical (unpaired) electrons. The minimum Gasteiger partial charge on any atom is -0.412 e. The average Bonchev–Trinajstić information content (AvgIpc) is 0. The molecule has 0 heterocycles. The smallest absolute Gasteiger partial charge is 0.344 e. The molecular weight excluding hydrogens is 94.0 g/mol. The zero-order chi connectivity index (χ0) is 0. The van der Waals surface area contributed by atoms with E-state index in [0.29, 0.717) is 0 Å². The lowest BCUT2D eigenvalue weighted by atomic mass is 14.0. The highest BCUT2D eigenvalue weighted by Gasteiger charge is -0.344. The maximum atomic E-state index is 0. The Kier molecular flexibility index (Phi) is 441000. The lowest BCUT2D eigenvalue weighted by molar-refractivity contribution is 0.823. The van der Waals surface area contributed by atoms with Crippen LogP contribution in [-0.4, -0.2) is 27.4 Å². The van der Waals surface area contributed by atoms with Crippen molar-refractivity contribution in [1.29, 1.82) is 0 Å². The molecule has 0 spiro atoms. The Morgan fingerprint density at radius 3 is 0.333 bits per heavy atom. The van der Waals surface area contributed by atoms with Gasteiger partial charge in [-0.15, -0.1) is 0 Å². The molecule has 6 heavy (non-hydrogen) atoms. The van der Waals surface area contributed by atoms with Crippen LogP contribution in [0.5, 0.6) is 0 Å². The van der Waals surface area contributed by atoms with Gasteiger partial charge in [-0.1, -0.05) is 0 Å². The third-order valence-electron chi connectivity index (χ3n) is 0. The van der Waals surface area contributed by atoms with Crippen molar-refractivity contribution in [1.82, 2.24) is 6.15 Å². The molecular formula is H13NO5. The lowest BCUT2D eigenvalue weighted by Crippen LogP contribution is -0.481. The summed E-state index contributed by atoms with van der Waals surface area (Å²) in [6.45, 7) is 0. The van der Waals surface area contributed by atoms with Gasteiger partial charge in [-0.05, 0) is 0 Å². The molecule has 0 bridgehead atoms. The normalized spacial score (nSPS) is 0. The van der Waals surface area contributed by atoms with Gasteiger partial charge in [0.1, 0.15) is 0 Å². The van der Waals surface area contributed by atoms with Gasteiger partial charge in [0.15, 0.2) is 0 Å². The fourth-order valence-electron chi connectivity index (χ4n) is 0. The van der Waals surface area contributed by atoms with Gasteiger partial charge in [-0.2, -0.15) is 0 Å². The molecule has 0 aromatic heterocycles. The monoisotopic (exact) mass is 107 g/mol. The molecule has 13 N–H and O–H groups in total. The zero-order valence-corrected chi connectivity index (χ0v) is 3.21. The van der Waals surface area contributed by atoms with Crippen LogP contribution >= 0.6 is 0 Å². The molecule has 48 valence electrons. The van der Waals surface area contributed by atoms with Gasteiger partial charge in [-0.3, -0.25) is 0 Å². The second kappa shape index (κ2) is 1170. The summed E-state index contributed by atoms with van der Waals surface area (Å²) in [6, 6.07) is 0. The van der Waals surface area contributed by atoms with Crippen LogP contribution in [-0.2, 0) is 0 Å². The Morgan fingerprint density at radius 2 is 0.333 bits per heavy atom. The van der Waals surface area contributed by atoms with E-state index in [4.69, 9.17) is 0 Å². The van der Waals surface area contributed by atoms with Crippen molar-refractivity contribution in [3.8, 4) is 0 Å². The minimum atomic E-state index is 0. The van der Waals surface area contributed by atoms with Crippen LogP contribution in [0.1, 0.15) is 0 Å². The molecule has 0 unspecified atom stereocenters. The van der Waals surface area contributed by atoms with Crippen LogP contribution < -0.4 is 6.15 Å². The Labute approximate surface area is 34.9 Å². The molecule has 0 saturated heterocycles. The van der Waals surface area contributed by atoms with Crippen molar-refractivity contribution in [2.45, 2.75) is 0 Å². The predicted octanol–water partition coefficient (Wildman–Crippen LogP) is -3.96. The van der Waals surface area contributed by atoms with Crippen LogP contribution in [0.4, 0.5) is 0 Å². The highest BCUT2D eigenvalue weighted by molar-refractivity contribution is 2.13. The van der Waals surface area contributed by atoms with Crippen molar-refractivity contribution in [3.05, 3.63) is 0 Å². The standard InChI is InChI=1S/H3N.5H2O/h1H3;5*1H2. The summed E-state index contributed by atoms with van der Waals surface area (Å²) >= 11 is 0. The van der Waals surface area contributed by atoms with Crippen LogP contribution in [0, 0.1) is 0 Å². The summed E-state index contributed by atoms with van der Waals surface area (Å²) in [5, 5.41) is 0. The van der Waals surface area contributed by atoms with E-state index in [9.17, 15) is 0 Å². The van der Waals surface area contributed by atoms with Gasteiger partial charge in [0.25, 0.3) is 0 Å². The van der Waals surface area contributed by atoms with Gasteiger partial charge in [-0.25, -0.2) is 0 Å². The quantitative estimate of drug-likeness (QED) is 0.324. The fourth-order valence-corrected chi connectivity index (χ4v) is 0. The summed E-state index contributed by atoms with van der Waals surface area (Å²) in [7, 11) is 0. The molecule has 0 aliphatic heterocycles. The molecule has 0 aromatic carbocycles. The van der Waals surface area contributed by atoms with E-state index in [2.05, 4.69) is 0 Å². The third-order valence-corrected chi connectivity index (χ3v) is 0. The molecule has 0 aromatic rings. The Hall–Kier alpha value is -0.240. The van der Waals surface area contributed by atoms with Crippen molar-refractivity contribution in [2.75, 3.05) is 0 Å². The predicted molar refractivity (Wildman–Crippen MR) is 23.1 cm³/mol. The first kappa shape index (κ1) is 2270. The molecule has 6 heteroatoms. The van der Waals surface area contributed by atoms with Gasteiger partial charge >= 0.3 is 0 Å². The SMILES string of the molecule is N.O.O.O.O.O. The van der Waals surface area contributed by atoms with Gasteiger partial charge in [0.05, 0.1) is 0 Å². The molecule has 0 atom stereocenters. The molecule has 0 rings (SSSR count). The lowest BCUT2D eigenvalue weighted by Gasteiger charge is -0.413. The summed E-state index contributed by atoms with van der Waals surface area (Å²) in [6.07, 6.45) is 0. The van der Waals surface area contributed by atoms with E-state index < -0.39 is 0 Å². The Balaban J connectivity index is 0. The van der Waals surface area contributed by atoms with Crippen LogP contribution in [0.15, 0.2) is 0 Å². The van der Waals surface area contributed by atoms with Crippen LogP contribution in [0.25, 0.3) is 0 Å². The first-order valence-corrected chi connectivity index (χ1v) is 0. The topological polar surface area (TPSA) is 192 Å². The Bertz CT molecular complexity index is 3.90. The van der Waals surface area contributed by atoms with E-state index in [0.717, 1.165) is 0 Å². The third kappa shape index (κ3) is 497. The highest BCUT2D eigenvalue weighted by Crippen LogP contribution is -0.285. The van der Waals surface area contributed by atoms with Crippen molar-refractivity contribution < 1.29 is 27.4 Å². The molecule has 6 nitrogen and oxygen atoms in total. The number of hydrogen-bond donors (Lipinski definition) is 1. The Morgan fingerprint density at radius 1 is 0.333 bits per heavy atom. The van der Waals surface area contributed by atoms with E-state index in [1.165, 1.54) is 0 Å². The summed E-state index contributed by atoms with van der Waals surface area (Å²) in [5.41, 5.74) is 0. The number of hydrogen-bond acceptors (Lipinski definition) is 1. The van der Waals surface area contributed by atoms with Crippen molar-refractivity contribution in [2.24, 2.45) is 0 Å². The van der Waals surface area contributed by atoms with Crippen molar-refractivity contribution >= 4 is 0 Å². The van der Waals surface area contributed by atoms with E-state index in [-0.39, 0.29) is 33.5 Å². The van der Waals surface area contributed by atoms with Gasteiger partial charge < -0.3 is 33.5 Å². The van der Waals surface area contributed by atoms with Crippen LogP contribution in [0.2, 0.25) is 0 Å². The summed E-state index contributed by atoms with van der Waals surface area (Å²) < 4.78 is 0. The van der Waals surface area contributed by atoms with Crippen molar-refractivity contribution in [3.63, 3.8) is 0 Å². The first-order chi connectivity index (χ1) is 0. The number of rotatable bonds is 0. The minimum absolute atomic E-state index is 0.